The highest BCUT2D eigenvalue weighted by Crippen LogP contribution is 2.50. The second-order valence-corrected chi connectivity index (χ2v) is 9.18. The Kier molecular flexibility index (Phi) is 5.72. The maximum absolute atomic E-state index is 10.7. The van der Waals surface area contributed by atoms with Crippen molar-refractivity contribution in [3.05, 3.63) is 28.8 Å². The van der Waals surface area contributed by atoms with Crippen molar-refractivity contribution in [1.82, 2.24) is 0 Å². The molecule has 1 aromatic carbocycles. The van der Waals surface area contributed by atoms with Crippen molar-refractivity contribution in [2.24, 2.45) is 5.92 Å². The van der Waals surface area contributed by atoms with E-state index in [0.29, 0.717) is 5.75 Å². The molecule has 0 saturated heterocycles. The highest BCUT2D eigenvalue weighted by molar-refractivity contribution is 8.00. The molecule has 0 bridgehead atoms. The van der Waals surface area contributed by atoms with E-state index >= 15 is 0 Å². The summed E-state index contributed by atoms with van der Waals surface area (Å²) in [6, 6.07) is 4.13. The largest absolute Gasteiger partial charge is 0.507 e. The SMILES string of the molecule is CCCCCC(C)CCc1cc(O)c2c(c1)OC(C)(C)C1=C2CSC1. The summed E-state index contributed by atoms with van der Waals surface area (Å²) in [5, 5.41) is 10.7. The molecule has 3 rings (SSSR count). The van der Waals surface area contributed by atoms with Crippen LogP contribution in [0.4, 0.5) is 0 Å². The number of rotatable bonds is 7. The van der Waals surface area contributed by atoms with Gasteiger partial charge in [0.1, 0.15) is 17.1 Å². The number of hydrogen-bond donors (Lipinski definition) is 1. The average Bonchev–Trinajstić information content (AvgIpc) is 3.03. The minimum absolute atomic E-state index is 0.260. The zero-order valence-corrected chi connectivity index (χ0v) is 17.0. The van der Waals surface area contributed by atoms with Crippen LogP contribution in [-0.2, 0) is 6.42 Å². The fourth-order valence-corrected chi connectivity index (χ4v) is 5.36. The van der Waals surface area contributed by atoms with Crippen molar-refractivity contribution >= 4 is 17.3 Å². The standard InChI is InChI=1S/C22H32O2S/c1-5-6-7-8-15(2)9-10-16-11-19(23)21-17-13-25-14-18(17)22(3,4)24-20(21)12-16/h11-12,15,23H,5-10,13-14H2,1-4H3. The molecule has 0 amide bonds. The Hall–Kier alpha value is -1.09. The number of ether oxygens (including phenoxy) is 1. The molecule has 2 nitrogen and oxygen atoms in total. The van der Waals surface area contributed by atoms with Crippen molar-refractivity contribution < 1.29 is 9.84 Å². The molecule has 1 aromatic rings. The van der Waals surface area contributed by atoms with Gasteiger partial charge in [-0.1, -0.05) is 39.5 Å². The van der Waals surface area contributed by atoms with Crippen LogP contribution in [0.5, 0.6) is 11.5 Å². The maximum atomic E-state index is 10.7. The number of fused-ring (bicyclic) bond motifs is 2. The monoisotopic (exact) mass is 360 g/mol. The molecule has 1 N–H and O–H groups in total. The van der Waals surface area contributed by atoms with E-state index in [2.05, 4.69) is 33.8 Å². The highest BCUT2D eigenvalue weighted by Gasteiger charge is 2.38. The van der Waals surface area contributed by atoms with Crippen LogP contribution in [0.15, 0.2) is 17.7 Å². The van der Waals surface area contributed by atoms with Gasteiger partial charge in [-0.25, -0.2) is 0 Å². The minimum Gasteiger partial charge on any atom is -0.507 e. The summed E-state index contributed by atoms with van der Waals surface area (Å²) in [6.45, 7) is 8.90. The van der Waals surface area contributed by atoms with E-state index in [0.717, 1.165) is 35.2 Å². The number of thioether (sulfide) groups is 1. The third kappa shape index (κ3) is 4.02. The molecule has 0 spiro atoms. The smallest absolute Gasteiger partial charge is 0.132 e. The Morgan fingerprint density at radius 2 is 2.00 bits per heavy atom. The van der Waals surface area contributed by atoms with Gasteiger partial charge in [0.25, 0.3) is 0 Å². The van der Waals surface area contributed by atoms with Gasteiger partial charge in [-0.3, -0.25) is 0 Å². The van der Waals surface area contributed by atoms with Crippen LogP contribution < -0.4 is 4.74 Å². The molecule has 1 atom stereocenters. The van der Waals surface area contributed by atoms with Gasteiger partial charge in [0, 0.05) is 11.5 Å². The lowest BCUT2D eigenvalue weighted by atomic mass is 9.86. The first-order valence-electron chi connectivity index (χ1n) is 9.78. The first-order valence-corrected chi connectivity index (χ1v) is 10.9. The molecule has 0 aromatic heterocycles. The predicted molar refractivity (Wildman–Crippen MR) is 109 cm³/mol. The van der Waals surface area contributed by atoms with Gasteiger partial charge in [0.05, 0.1) is 5.56 Å². The van der Waals surface area contributed by atoms with Crippen LogP contribution in [0.25, 0.3) is 5.57 Å². The summed E-state index contributed by atoms with van der Waals surface area (Å²) in [4.78, 5) is 0. The topological polar surface area (TPSA) is 29.5 Å². The zero-order valence-electron chi connectivity index (χ0n) is 16.2. The quantitative estimate of drug-likeness (QED) is 0.586. The normalized spacial score (nSPS) is 19.4. The molecule has 25 heavy (non-hydrogen) atoms. The molecule has 2 aliphatic heterocycles. The number of unbranched alkanes of at least 4 members (excludes halogenated alkanes) is 2. The van der Waals surface area contributed by atoms with Gasteiger partial charge in [-0.2, -0.15) is 11.8 Å². The Morgan fingerprint density at radius 3 is 2.76 bits per heavy atom. The summed E-state index contributed by atoms with van der Waals surface area (Å²) in [5.74, 6) is 4.01. The van der Waals surface area contributed by atoms with E-state index in [-0.39, 0.29) is 5.60 Å². The first kappa shape index (κ1) is 18.7. The second-order valence-electron chi connectivity index (χ2n) is 8.19. The van der Waals surface area contributed by atoms with Gasteiger partial charge in [0.2, 0.25) is 0 Å². The lowest BCUT2D eigenvalue weighted by Crippen LogP contribution is -2.34. The summed E-state index contributed by atoms with van der Waals surface area (Å²) in [7, 11) is 0. The third-order valence-electron chi connectivity index (χ3n) is 5.62. The summed E-state index contributed by atoms with van der Waals surface area (Å²) in [5.41, 5.74) is 4.53. The average molecular weight is 361 g/mol. The Morgan fingerprint density at radius 1 is 1.20 bits per heavy atom. The third-order valence-corrected chi connectivity index (χ3v) is 6.60. The van der Waals surface area contributed by atoms with Crippen LogP contribution in [0.3, 0.4) is 0 Å². The molecular formula is C22H32O2S. The molecule has 3 heteroatoms. The molecule has 1 unspecified atom stereocenters. The minimum atomic E-state index is -0.260. The molecule has 2 heterocycles. The fourth-order valence-electron chi connectivity index (χ4n) is 4.01. The molecule has 138 valence electrons. The van der Waals surface area contributed by atoms with Gasteiger partial charge in [-0.15, -0.1) is 0 Å². The second kappa shape index (κ2) is 7.65. The van der Waals surface area contributed by atoms with Crippen molar-refractivity contribution in [3.63, 3.8) is 0 Å². The van der Waals surface area contributed by atoms with Gasteiger partial charge < -0.3 is 9.84 Å². The molecule has 0 saturated carbocycles. The van der Waals surface area contributed by atoms with E-state index in [1.54, 1.807) is 0 Å². The van der Waals surface area contributed by atoms with Crippen molar-refractivity contribution in [3.8, 4) is 11.5 Å². The molecule has 0 radical (unpaired) electrons. The fraction of sp³-hybridized carbons (Fsp3) is 0.636. The lowest BCUT2D eigenvalue weighted by Gasteiger charge is -2.35. The van der Waals surface area contributed by atoms with Crippen molar-refractivity contribution in [2.75, 3.05) is 11.5 Å². The Labute approximate surface area is 157 Å². The number of phenols is 1. The van der Waals surface area contributed by atoms with E-state index in [1.807, 2.05) is 17.8 Å². The van der Waals surface area contributed by atoms with Gasteiger partial charge >= 0.3 is 0 Å². The number of aromatic hydroxyl groups is 1. The van der Waals surface area contributed by atoms with Crippen molar-refractivity contribution in [1.29, 1.82) is 0 Å². The van der Waals surface area contributed by atoms with E-state index < -0.39 is 0 Å². The molecular weight excluding hydrogens is 328 g/mol. The highest BCUT2D eigenvalue weighted by atomic mass is 32.2. The van der Waals surface area contributed by atoms with E-state index in [1.165, 1.54) is 48.8 Å². The van der Waals surface area contributed by atoms with Crippen LogP contribution >= 0.6 is 11.8 Å². The zero-order chi connectivity index (χ0) is 18.0. The lowest BCUT2D eigenvalue weighted by molar-refractivity contribution is 0.145. The summed E-state index contributed by atoms with van der Waals surface area (Å²) < 4.78 is 6.31. The van der Waals surface area contributed by atoms with Crippen LogP contribution in [0, 0.1) is 5.92 Å². The predicted octanol–water partition coefficient (Wildman–Crippen LogP) is 6.21. The summed E-state index contributed by atoms with van der Waals surface area (Å²) in [6.07, 6.45) is 7.45. The number of hydrogen-bond acceptors (Lipinski definition) is 3. The van der Waals surface area contributed by atoms with E-state index in [9.17, 15) is 5.11 Å². The molecule has 0 aliphatic carbocycles. The summed E-state index contributed by atoms with van der Waals surface area (Å²) >= 11 is 1.92. The van der Waals surface area contributed by atoms with Gasteiger partial charge in [-0.05, 0) is 61.4 Å². The Bertz CT molecular complexity index is 660. The van der Waals surface area contributed by atoms with Crippen molar-refractivity contribution in [2.45, 2.75) is 71.8 Å². The number of benzene rings is 1. The first-order chi connectivity index (χ1) is 11.9. The number of phenolic OH excluding ortho intramolecular Hbond substituents is 1. The van der Waals surface area contributed by atoms with Crippen LogP contribution in [-0.4, -0.2) is 22.2 Å². The molecule has 0 fully saturated rings. The van der Waals surface area contributed by atoms with E-state index in [4.69, 9.17) is 4.74 Å². The maximum Gasteiger partial charge on any atom is 0.132 e. The Balaban J connectivity index is 1.75. The number of aryl methyl sites for hydroxylation is 1. The molecule has 2 aliphatic rings. The van der Waals surface area contributed by atoms with Crippen LogP contribution in [0.1, 0.15) is 70.9 Å². The van der Waals surface area contributed by atoms with Gasteiger partial charge in [0.15, 0.2) is 0 Å². The van der Waals surface area contributed by atoms with Crippen LogP contribution in [0.2, 0.25) is 0 Å².